The van der Waals surface area contributed by atoms with E-state index in [9.17, 15) is 24.9 Å². The van der Waals surface area contributed by atoms with E-state index in [4.69, 9.17) is 9.84 Å². The van der Waals surface area contributed by atoms with Crippen LogP contribution < -0.4 is 0 Å². The summed E-state index contributed by atoms with van der Waals surface area (Å²) in [5.41, 5.74) is 0.367. The number of carbonyl (C=O) groups excluding carboxylic acids is 1. The molecule has 0 bridgehead atoms. The number of aliphatic hydroxyl groups excluding tert-OH is 3. The minimum atomic E-state index is -1.09. The molecular weight excluding hydrogens is 424 g/mol. The normalized spacial score (nSPS) is 29.1. The fourth-order valence-corrected chi connectivity index (χ4v) is 5.11. The number of carboxylic acid groups (broad SMARTS) is 1. The molecular formula is C26H42O7. The maximum absolute atomic E-state index is 13.0. The number of hydrogen-bond acceptors (Lipinski definition) is 6. The number of esters is 1. The van der Waals surface area contributed by atoms with Gasteiger partial charge in [0.25, 0.3) is 0 Å². The summed E-state index contributed by atoms with van der Waals surface area (Å²) in [6, 6.07) is 0. The van der Waals surface area contributed by atoms with Crippen molar-refractivity contribution >= 4 is 11.9 Å². The Hall–Kier alpha value is -1.70. The first-order valence-corrected chi connectivity index (χ1v) is 12.3. The third kappa shape index (κ3) is 7.94. The molecule has 0 saturated carbocycles. The number of fused-ring (bicyclic) bond motifs is 1. The van der Waals surface area contributed by atoms with Crippen LogP contribution in [0.15, 0.2) is 23.8 Å². The number of allylic oxidation sites excluding steroid dienone is 2. The van der Waals surface area contributed by atoms with E-state index in [0.717, 1.165) is 24.8 Å². The Bertz CT molecular complexity index is 726. The summed E-state index contributed by atoms with van der Waals surface area (Å²) in [4.78, 5) is 23.8. The van der Waals surface area contributed by atoms with Crippen molar-refractivity contribution in [3.8, 4) is 0 Å². The molecule has 188 valence electrons. The van der Waals surface area contributed by atoms with Gasteiger partial charge in [0.05, 0.1) is 30.1 Å². The van der Waals surface area contributed by atoms with Crippen LogP contribution in [-0.2, 0) is 14.3 Å². The van der Waals surface area contributed by atoms with Crippen molar-refractivity contribution in [2.75, 3.05) is 0 Å². The van der Waals surface area contributed by atoms with Crippen LogP contribution in [0, 0.1) is 23.2 Å². The Balaban J connectivity index is 2.12. The van der Waals surface area contributed by atoms with Crippen LogP contribution in [0.5, 0.6) is 0 Å². The van der Waals surface area contributed by atoms with Crippen LogP contribution in [0.25, 0.3) is 0 Å². The first-order valence-electron chi connectivity index (χ1n) is 12.3. The highest BCUT2D eigenvalue weighted by Crippen LogP contribution is 2.44. The van der Waals surface area contributed by atoms with E-state index in [0.29, 0.717) is 19.3 Å². The van der Waals surface area contributed by atoms with Crippen molar-refractivity contribution in [3.63, 3.8) is 0 Å². The Labute approximate surface area is 197 Å². The minimum absolute atomic E-state index is 0.0132. The number of hydrogen-bond donors (Lipinski definition) is 4. The number of carboxylic acids is 1. The van der Waals surface area contributed by atoms with Gasteiger partial charge in [0.15, 0.2) is 0 Å². The third-order valence-electron chi connectivity index (χ3n) is 7.13. The maximum Gasteiger partial charge on any atom is 0.311 e. The predicted octanol–water partition coefficient (Wildman–Crippen LogP) is 3.61. The quantitative estimate of drug-likeness (QED) is 0.324. The topological polar surface area (TPSA) is 124 Å². The van der Waals surface area contributed by atoms with Crippen LogP contribution in [0.4, 0.5) is 0 Å². The minimum Gasteiger partial charge on any atom is -0.481 e. The molecule has 0 heterocycles. The van der Waals surface area contributed by atoms with Gasteiger partial charge in [-0.25, -0.2) is 0 Å². The zero-order valence-electron chi connectivity index (χ0n) is 20.4. The summed E-state index contributed by atoms with van der Waals surface area (Å²) in [6.07, 6.45) is 6.61. The lowest BCUT2D eigenvalue weighted by molar-refractivity contribution is -0.165. The Morgan fingerprint density at radius 2 is 1.94 bits per heavy atom. The van der Waals surface area contributed by atoms with Gasteiger partial charge in [-0.3, -0.25) is 9.59 Å². The predicted molar refractivity (Wildman–Crippen MR) is 125 cm³/mol. The molecule has 2 aliphatic carbocycles. The average Bonchev–Trinajstić information content (AvgIpc) is 2.70. The van der Waals surface area contributed by atoms with Gasteiger partial charge < -0.3 is 25.2 Å². The number of unbranched alkanes of at least 4 members (excludes halogenated alkanes) is 1. The summed E-state index contributed by atoms with van der Waals surface area (Å²) in [5, 5.41) is 39.4. The van der Waals surface area contributed by atoms with Gasteiger partial charge in [-0.05, 0) is 56.9 Å². The van der Waals surface area contributed by atoms with Crippen molar-refractivity contribution in [3.05, 3.63) is 23.8 Å². The van der Waals surface area contributed by atoms with Gasteiger partial charge in [0.2, 0.25) is 0 Å². The highest BCUT2D eigenvalue weighted by molar-refractivity contribution is 5.76. The van der Waals surface area contributed by atoms with Gasteiger partial charge >= 0.3 is 11.9 Å². The molecule has 7 nitrogen and oxygen atoms in total. The highest BCUT2D eigenvalue weighted by atomic mass is 16.5. The van der Waals surface area contributed by atoms with Gasteiger partial charge in [-0.15, -0.1) is 0 Å². The van der Waals surface area contributed by atoms with E-state index in [1.54, 1.807) is 0 Å². The van der Waals surface area contributed by atoms with E-state index in [2.05, 4.69) is 19.9 Å². The summed E-state index contributed by atoms with van der Waals surface area (Å²) in [7, 11) is 0. The van der Waals surface area contributed by atoms with Gasteiger partial charge in [-0.2, -0.15) is 0 Å². The second kappa shape index (κ2) is 12.1. The number of rotatable bonds is 12. The standard InChI is InChI=1S/C26H42O7/c1-5-6-11-26(3,4)25(32)33-22-14-19(28)12-17-8-7-16(2)21(24(17)22)10-9-18(27)13-20(29)15-23(30)31/h7-8,12,16,18-22,24,27-29H,5-6,9-11,13-15H2,1-4H3,(H,30,31)/t16-,18-,19-,20-,21+,22-,24+/m1/s1. The fourth-order valence-electron chi connectivity index (χ4n) is 5.11. The van der Waals surface area contributed by atoms with Crippen LogP contribution >= 0.6 is 0 Å². The van der Waals surface area contributed by atoms with Crippen molar-refractivity contribution < 1.29 is 34.8 Å². The number of aliphatic carboxylic acids is 1. The van der Waals surface area contributed by atoms with Crippen molar-refractivity contribution in [2.45, 2.75) is 103 Å². The van der Waals surface area contributed by atoms with Gasteiger partial charge in [0.1, 0.15) is 6.10 Å². The Morgan fingerprint density at radius 3 is 2.58 bits per heavy atom. The molecule has 0 radical (unpaired) electrons. The molecule has 0 aliphatic heterocycles. The summed E-state index contributed by atoms with van der Waals surface area (Å²) in [6.45, 7) is 7.99. The lowest BCUT2D eigenvalue weighted by atomic mass is 9.66. The van der Waals surface area contributed by atoms with Gasteiger partial charge in [-0.1, -0.05) is 44.9 Å². The van der Waals surface area contributed by atoms with Crippen molar-refractivity contribution in [1.29, 1.82) is 0 Å². The molecule has 2 rings (SSSR count). The molecule has 0 unspecified atom stereocenters. The molecule has 7 heteroatoms. The van der Waals surface area contributed by atoms with E-state index < -0.39 is 42.2 Å². The summed E-state index contributed by atoms with van der Waals surface area (Å²) < 4.78 is 6.05. The zero-order valence-corrected chi connectivity index (χ0v) is 20.4. The first kappa shape index (κ1) is 27.5. The second-order valence-corrected chi connectivity index (χ2v) is 10.5. The largest absolute Gasteiger partial charge is 0.481 e. The summed E-state index contributed by atoms with van der Waals surface area (Å²) in [5.74, 6) is -1.13. The average molecular weight is 467 g/mol. The molecule has 0 aromatic rings. The number of carbonyl (C=O) groups is 2. The first-order chi connectivity index (χ1) is 15.4. The molecule has 0 spiro atoms. The molecule has 0 amide bonds. The van der Waals surface area contributed by atoms with E-state index in [1.807, 2.05) is 26.0 Å². The molecule has 0 fully saturated rings. The smallest absolute Gasteiger partial charge is 0.311 e. The fraction of sp³-hybridized carbons (Fsp3) is 0.769. The van der Waals surface area contributed by atoms with Crippen LogP contribution in [0.3, 0.4) is 0 Å². The van der Waals surface area contributed by atoms with E-state index in [1.165, 1.54) is 0 Å². The van der Waals surface area contributed by atoms with Crippen LogP contribution in [-0.4, -0.2) is 56.8 Å². The lowest BCUT2D eigenvalue weighted by Gasteiger charge is -2.43. The van der Waals surface area contributed by atoms with Crippen LogP contribution in [0.2, 0.25) is 0 Å². The van der Waals surface area contributed by atoms with Gasteiger partial charge in [0, 0.05) is 12.3 Å². The molecule has 33 heavy (non-hydrogen) atoms. The molecule has 4 N–H and O–H groups in total. The third-order valence-corrected chi connectivity index (χ3v) is 7.13. The van der Waals surface area contributed by atoms with Crippen molar-refractivity contribution in [1.82, 2.24) is 0 Å². The maximum atomic E-state index is 13.0. The molecule has 0 aromatic heterocycles. The van der Waals surface area contributed by atoms with Crippen molar-refractivity contribution in [2.24, 2.45) is 23.2 Å². The monoisotopic (exact) mass is 466 g/mol. The molecule has 0 saturated heterocycles. The number of aliphatic hydroxyl groups is 3. The summed E-state index contributed by atoms with van der Waals surface area (Å²) >= 11 is 0. The van der Waals surface area contributed by atoms with E-state index in [-0.39, 0.29) is 30.1 Å². The molecule has 2 aliphatic rings. The second-order valence-electron chi connectivity index (χ2n) is 10.5. The SMILES string of the molecule is CCCCC(C)(C)C(=O)O[C@@H]1C[C@H](O)C=C2C=C[C@@H](C)[C@H](CC[C@@H](O)C[C@@H](O)CC(=O)O)[C@H]21. The van der Waals surface area contributed by atoms with E-state index >= 15 is 0 Å². The Morgan fingerprint density at radius 1 is 1.24 bits per heavy atom. The number of ether oxygens (including phenoxy) is 1. The highest BCUT2D eigenvalue weighted by Gasteiger charge is 2.43. The van der Waals surface area contributed by atoms with Crippen LogP contribution in [0.1, 0.15) is 79.1 Å². The zero-order chi connectivity index (χ0) is 24.8. The molecule has 7 atom stereocenters. The molecule has 0 aromatic carbocycles. The Kier molecular flexibility index (Phi) is 10.1. The lowest BCUT2D eigenvalue weighted by Crippen LogP contribution is -2.44.